The number of carbonyl (C=O) groups is 1. The van der Waals surface area contributed by atoms with Gasteiger partial charge >= 0.3 is 0 Å². The molecule has 0 bridgehead atoms. The lowest BCUT2D eigenvalue weighted by Gasteiger charge is -2.25. The topological polar surface area (TPSA) is 54.5 Å². The lowest BCUT2D eigenvalue weighted by molar-refractivity contribution is -0.117. The lowest BCUT2D eigenvalue weighted by Crippen LogP contribution is -2.36. The van der Waals surface area contributed by atoms with Crippen LogP contribution in [0.3, 0.4) is 0 Å². The van der Waals surface area contributed by atoms with Gasteiger partial charge in [0, 0.05) is 18.0 Å². The molecule has 2 heterocycles. The zero-order valence-electron chi connectivity index (χ0n) is 10.5. The molecule has 0 aromatic heterocycles. The highest BCUT2D eigenvalue weighted by molar-refractivity contribution is 7.91. The molecule has 2 aliphatic heterocycles. The third-order valence-electron chi connectivity index (χ3n) is 3.89. The Balaban J connectivity index is 2.02. The van der Waals surface area contributed by atoms with Crippen LogP contribution in [-0.4, -0.2) is 31.9 Å². The van der Waals surface area contributed by atoms with Crippen molar-refractivity contribution in [1.29, 1.82) is 0 Å². The molecule has 1 aromatic carbocycles. The summed E-state index contributed by atoms with van der Waals surface area (Å²) < 4.78 is 36.5. The van der Waals surface area contributed by atoms with Crippen LogP contribution in [0.4, 0.5) is 10.1 Å². The van der Waals surface area contributed by atoms with Crippen molar-refractivity contribution in [2.45, 2.75) is 19.4 Å². The van der Waals surface area contributed by atoms with E-state index in [1.54, 1.807) is 17.9 Å². The molecule has 102 valence electrons. The predicted molar refractivity (Wildman–Crippen MR) is 69.2 cm³/mol. The predicted octanol–water partition coefficient (Wildman–Crippen LogP) is 1.28. The Labute approximate surface area is 111 Å². The number of amides is 1. The van der Waals surface area contributed by atoms with Gasteiger partial charge in [0.25, 0.3) is 0 Å². The number of benzene rings is 1. The first-order chi connectivity index (χ1) is 8.87. The number of sulfone groups is 1. The highest BCUT2D eigenvalue weighted by Crippen LogP contribution is 2.38. The molecule has 2 unspecified atom stereocenters. The van der Waals surface area contributed by atoms with E-state index in [0.717, 1.165) is 0 Å². The van der Waals surface area contributed by atoms with Crippen molar-refractivity contribution in [1.82, 2.24) is 0 Å². The van der Waals surface area contributed by atoms with E-state index in [9.17, 15) is 17.6 Å². The third kappa shape index (κ3) is 2.04. The highest BCUT2D eigenvalue weighted by Gasteiger charge is 2.49. The van der Waals surface area contributed by atoms with Crippen LogP contribution in [0.2, 0.25) is 0 Å². The van der Waals surface area contributed by atoms with E-state index in [1.807, 2.05) is 0 Å². The van der Waals surface area contributed by atoms with Gasteiger partial charge in [-0.05, 0) is 30.7 Å². The summed E-state index contributed by atoms with van der Waals surface area (Å²) in [5, 5.41) is 0. The van der Waals surface area contributed by atoms with Gasteiger partial charge in [0.05, 0.1) is 17.5 Å². The summed E-state index contributed by atoms with van der Waals surface area (Å²) in [6.45, 7) is 1.72. The van der Waals surface area contributed by atoms with E-state index < -0.39 is 9.84 Å². The van der Waals surface area contributed by atoms with Gasteiger partial charge in [-0.2, -0.15) is 0 Å². The second-order valence-corrected chi connectivity index (χ2v) is 7.46. The molecule has 2 fully saturated rings. The molecular formula is C13H14FNO3S. The van der Waals surface area contributed by atoms with Crippen LogP contribution in [-0.2, 0) is 14.6 Å². The van der Waals surface area contributed by atoms with E-state index in [1.165, 1.54) is 12.1 Å². The minimum atomic E-state index is -3.06. The van der Waals surface area contributed by atoms with Crippen LogP contribution >= 0.6 is 0 Å². The molecule has 0 aliphatic carbocycles. The Hall–Kier alpha value is -1.43. The van der Waals surface area contributed by atoms with Gasteiger partial charge in [0.1, 0.15) is 5.82 Å². The van der Waals surface area contributed by atoms with E-state index >= 15 is 0 Å². The van der Waals surface area contributed by atoms with Gasteiger partial charge in [0.2, 0.25) is 5.91 Å². The summed E-state index contributed by atoms with van der Waals surface area (Å²) in [6.07, 6.45) is 0.265. The van der Waals surface area contributed by atoms with Crippen LogP contribution in [0.25, 0.3) is 0 Å². The fraction of sp³-hybridized carbons (Fsp3) is 0.462. The van der Waals surface area contributed by atoms with Crippen LogP contribution in [0.5, 0.6) is 0 Å². The summed E-state index contributed by atoms with van der Waals surface area (Å²) in [6, 6.07) is 3.92. The Morgan fingerprint density at radius 3 is 2.74 bits per heavy atom. The standard InChI is InChI=1S/C13H14FNO3S/c1-8-4-10(14)2-3-11(8)15-12-7-19(17,18)6-9(12)5-13(15)16/h2-4,9,12H,5-7H2,1H3. The third-order valence-corrected chi connectivity index (χ3v) is 5.68. The quantitative estimate of drug-likeness (QED) is 0.780. The van der Waals surface area contributed by atoms with Gasteiger partial charge < -0.3 is 4.90 Å². The molecule has 4 nitrogen and oxygen atoms in total. The van der Waals surface area contributed by atoms with Gasteiger partial charge in [0.15, 0.2) is 9.84 Å². The van der Waals surface area contributed by atoms with Crippen LogP contribution in [0.15, 0.2) is 18.2 Å². The highest BCUT2D eigenvalue weighted by atomic mass is 32.2. The van der Waals surface area contributed by atoms with E-state index in [4.69, 9.17) is 0 Å². The summed E-state index contributed by atoms with van der Waals surface area (Å²) >= 11 is 0. The van der Waals surface area contributed by atoms with Gasteiger partial charge in [-0.15, -0.1) is 0 Å². The van der Waals surface area contributed by atoms with Crippen molar-refractivity contribution in [3.8, 4) is 0 Å². The first-order valence-corrected chi connectivity index (χ1v) is 7.98. The van der Waals surface area contributed by atoms with Crippen molar-refractivity contribution in [3.05, 3.63) is 29.6 Å². The second kappa shape index (κ2) is 4.03. The normalized spacial score (nSPS) is 28.7. The van der Waals surface area contributed by atoms with Crippen LogP contribution < -0.4 is 4.90 Å². The van der Waals surface area contributed by atoms with Crippen LogP contribution in [0.1, 0.15) is 12.0 Å². The first-order valence-electron chi connectivity index (χ1n) is 6.16. The lowest BCUT2D eigenvalue weighted by atomic mass is 10.0. The number of aryl methyl sites for hydroxylation is 1. The molecule has 6 heteroatoms. The Bertz CT molecular complexity index is 656. The molecule has 2 aliphatic rings. The smallest absolute Gasteiger partial charge is 0.227 e. The van der Waals surface area contributed by atoms with E-state index in [2.05, 4.69) is 0 Å². The molecule has 19 heavy (non-hydrogen) atoms. The molecule has 2 saturated heterocycles. The summed E-state index contributed by atoms with van der Waals surface area (Å²) in [4.78, 5) is 13.6. The monoisotopic (exact) mass is 283 g/mol. The second-order valence-electron chi connectivity index (χ2n) is 5.30. The number of hydrogen-bond donors (Lipinski definition) is 0. The molecule has 1 aromatic rings. The molecule has 0 N–H and O–H groups in total. The Morgan fingerprint density at radius 2 is 2.05 bits per heavy atom. The number of fused-ring (bicyclic) bond motifs is 1. The average molecular weight is 283 g/mol. The number of halogens is 1. The SMILES string of the molecule is Cc1cc(F)ccc1N1C(=O)CC2CS(=O)(=O)CC21. The largest absolute Gasteiger partial charge is 0.308 e. The number of anilines is 1. The summed E-state index contributed by atoms with van der Waals surface area (Å²) in [5.74, 6) is -0.453. The number of rotatable bonds is 1. The zero-order chi connectivity index (χ0) is 13.8. The van der Waals surface area contributed by atoms with Crippen molar-refractivity contribution in [2.24, 2.45) is 5.92 Å². The number of carbonyl (C=O) groups excluding carboxylic acids is 1. The van der Waals surface area contributed by atoms with E-state index in [0.29, 0.717) is 11.3 Å². The maximum absolute atomic E-state index is 13.1. The summed E-state index contributed by atoms with van der Waals surface area (Å²) in [5.41, 5.74) is 1.27. The van der Waals surface area contributed by atoms with Crippen molar-refractivity contribution in [3.63, 3.8) is 0 Å². The molecule has 2 atom stereocenters. The van der Waals surface area contributed by atoms with Crippen molar-refractivity contribution >= 4 is 21.4 Å². The van der Waals surface area contributed by atoms with Gasteiger partial charge in [-0.3, -0.25) is 4.79 Å². The molecule has 0 radical (unpaired) electrons. The van der Waals surface area contributed by atoms with Crippen LogP contribution in [0, 0.1) is 18.7 Å². The maximum atomic E-state index is 13.1. The minimum Gasteiger partial charge on any atom is -0.308 e. The molecule has 0 saturated carbocycles. The van der Waals surface area contributed by atoms with Crippen molar-refractivity contribution in [2.75, 3.05) is 16.4 Å². The molecule has 1 amide bonds. The fourth-order valence-electron chi connectivity index (χ4n) is 3.09. The molecule has 3 rings (SSSR count). The zero-order valence-corrected chi connectivity index (χ0v) is 11.3. The Kier molecular flexibility index (Phi) is 2.67. The van der Waals surface area contributed by atoms with Gasteiger partial charge in [-0.1, -0.05) is 0 Å². The molecule has 0 spiro atoms. The molecular weight excluding hydrogens is 269 g/mol. The minimum absolute atomic E-state index is 0.0141. The van der Waals surface area contributed by atoms with E-state index in [-0.39, 0.29) is 41.6 Å². The van der Waals surface area contributed by atoms with Crippen molar-refractivity contribution < 1.29 is 17.6 Å². The fourth-order valence-corrected chi connectivity index (χ4v) is 5.16. The number of hydrogen-bond acceptors (Lipinski definition) is 3. The number of nitrogens with zero attached hydrogens (tertiary/aromatic N) is 1. The summed E-state index contributed by atoms with van der Waals surface area (Å²) in [7, 11) is -3.06. The maximum Gasteiger partial charge on any atom is 0.227 e. The Morgan fingerprint density at radius 1 is 1.32 bits per heavy atom. The average Bonchev–Trinajstić information content (AvgIpc) is 2.70. The first kappa shape index (κ1) is 12.6. The van der Waals surface area contributed by atoms with Gasteiger partial charge in [-0.25, -0.2) is 12.8 Å².